The molecule has 1 saturated heterocycles. The number of anilines is 1. The molecular weight excluding hydrogens is 388 g/mol. The molecule has 9 heteroatoms. The minimum absolute atomic E-state index is 0.0147. The molecule has 0 radical (unpaired) electrons. The van der Waals surface area contributed by atoms with Crippen molar-refractivity contribution in [3.8, 4) is 5.88 Å². The first-order valence-corrected chi connectivity index (χ1v) is 9.82. The first-order chi connectivity index (χ1) is 13.1. The molecule has 1 amide bonds. The number of thiazole rings is 1. The van der Waals surface area contributed by atoms with Gasteiger partial charge in [-0.05, 0) is 25.0 Å². The third kappa shape index (κ3) is 3.52. The van der Waals surface area contributed by atoms with E-state index in [1.54, 1.807) is 28.9 Å². The predicted molar refractivity (Wildman–Crippen MR) is 105 cm³/mol. The van der Waals surface area contributed by atoms with Crippen molar-refractivity contribution in [2.75, 3.05) is 25.2 Å². The number of benzene rings is 1. The second kappa shape index (κ2) is 7.46. The topological polar surface area (TPSA) is 69.5 Å². The molecule has 1 atom stereocenters. The van der Waals surface area contributed by atoms with Gasteiger partial charge in [-0.3, -0.25) is 14.4 Å². The smallest absolute Gasteiger partial charge is 0.267 e. The van der Waals surface area contributed by atoms with Gasteiger partial charge in [-0.25, -0.2) is 4.98 Å². The summed E-state index contributed by atoms with van der Waals surface area (Å²) >= 11 is 7.71. The SMILES string of the molecule is COc1nn(C)cc1C(=O)N(CC1CCCO1)c1nc2c(Cl)cccc2s1. The molecular formula is C18H19ClN4O3S. The van der Waals surface area contributed by atoms with Crippen LogP contribution in [0.25, 0.3) is 10.2 Å². The number of para-hydroxylation sites is 1. The van der Waals surface area contributed by atoms with Crippen molar-refractivity contribution in [3.63, 3.8) is 0 Å². The van der Waals surface area contributed by atoms with Gasteiger partial charge in [0.05, 0.1) is 29.5 Å². The number of nitrogens with zero attached hydrogens (tertiary/aromatic N) is 4. The second-order valence-corrected chi connectivity index (χ2v) is 7.78. The van der Waals surface area contributed by atoms with Gasteiger partial charge in [0, 0.05) is 19.9 Å². The fraction of sp³-hybridized carbons (Fsp3) is 0.389. The molecule has 2 aromatic heterocycles. The lowest BCUT2D eigenvalue weighted by Crippen LogP contribution is -2.37. The molecule has 4 rings (SSSR count). The Bertz CT molecular complexity index is 980. The van der Waals surface area contributed by atoms with E-state index in [0.717, 1.165) is 17.5 Å². The van der Waals surface area contributed by atoms with Gasteiger partial charge in [0.2, 0.25) is 5.88 Å². The average Bonchev–Trinajstić information content (AvgIpc) is 3.38. The van der Waals surface area contributed by atoms with Gasteiger partial charge in [0.25, 0.3) is 5.91 Å². The number of hydrogen-bond donors (Lipinski definition) is 0. The lowest BCUT2D eigenvalue weighted by atomic mass is 10.2. The molecule has 0 spiro atoms. The van der Waals surface area contributed by atoms with Gasteiger partial charge >= 0.3 is 0 Å². The molecule has 0 saturated carbocycles. The number of methoxy groups -OCH3 is 1. The zero-order chi connectivity index (χ0) is 19.0. The van der Waals surface area contributed by atoms with Crippen molar-refractivity contribution in [2.45, 2.75) is 18.9 Å². The molecule has 1 aliphatic rings. The molecule has 0 bridgehead atoms. The third-order valence-corrected chi connectivity index (χ3v) is 5.81. The summed E-state index contributed by atoms with van der Waals surface area (Å²) in [5, 5.41) is 5.35. The molecule has 3 heterocycles. The normalized spacial score (nSPS) is 16.8. The first kappa shape index (κ1) is 18.2. The number of carbonyl (C=O) groups is 1. The van der Waals surface area contributed by atoms with Crippen LogP contribution in [0.3, 0.4) is 0 Å². The van der Waals surface area contributed by atoms with Crippen LogP contribution in [0.2, 0.25) is 5.02 Å². The fourth-order valence-corrected chi connectivity index (χ4v) is 4.44. The van der Waals surface area contributed by atoms with Crippen molar-refractivity contribution in [1.29, 1.82) is 0 Å². The van der Waals surface area contributed by atoms with Gasteiger partial charge in [-0.2, -0.15) is 0 Å². The summed E-state index contributed by atoms with van der Waals surface area (Å²) in [4.78, 5) is 19.6. The number of rotatable bonds is 5. The lowest BCUT2D eigenvalue weighted by Gasteiger charge is -2.22. The maximum Gasteiger partial charge on any atom is 0.267 e. The van der Waals surface area contributed by atoms with E-state index in [9.17, 15) is 4.79 Å². The van der Waals surface area contributed by atoms with Crippen LogP contribution < -0.4 is 9.64 Å². The van der Waals surface area contributed by atoms with Crippen LogP contribution in [0.4, 0.5) is 5.13 Å². The first-order valence-electron chi connectivity index (χ1n) is 8.63. The molecule has 0 N–H and O–H groups in total. The van der Waals surface area contributed by atoms with Crippen LogP contribution in [0.1, 0.15) is 23.2 Å². The minimum atomic E-state index is -0.217. The van der Waals surface area contributed by atoms with Crippen LogP contribution in [0.15, 0.2) is 24.4 Å². The van der Waals surface area contributed by atoms with Gasteiger partial charge in [-0.1, -0.05) is 29.0 Å². The van der Waals surface area contributed by atoms with Gasteiger partial charge in [0.1, 0.15) is 11.1 Å². The van der Waals surface area contributed by atoms with Crippen LogP contribution in [-0.4, -0.2) is 47.0 Å². The zero-order valence-corrected chi connectivity index (χ0v) is 16.6. The molecule has 1 fully saturated rings. The molecule has 1 aliphatic heterocycles. The van der Waals surface area contributed by atoms with E-state index in [0.29, 0.717) is 40.3 Å². The van der Waals surface area contributed by atoms with Crippen LogP contribution in [-0.2, 0) is 11.8 Å². The number of aromatic nitrogens is 3. The minimum Gasteiger partial charge on any atom is -0.479 e. The summed E-state index contributed by atoms with van der Waals surface area (Å²) in [6.07, 6.45) is 3.55. The molecule has 3 aromatic rings. The van der Waals surface area contributed by atoms with Crippen LogP contribution >= 0.6 is 22.9 Å². The highest BCUT2D eigenvalue weighted by atomic mass is 35.5. The summed E-state index contributed by atoms with van der Waals surface area (Å²) in [6.45, 7) is 1.14. The van der Waals surface area contributed by atoms with Crippen molar-refractivity contribution >= 4 is 44.2 Å². The Morgan fingerprint density at radius 2 is 2.37 bits per heavy atom. The number of hydrogen-bond acceptors (Lipinski definition) is 6. The van der Waals surface area contributed by atoms with E-state index in [-0.39, 0.29) is 12.0 Å². The van der Waals surface area contributed by atoms with E-state index >= 15 is 0 Å². The number of aryl methyl sites for hydroxylation is 1. The molecule has 142 valence electrons. The Hall–Kier alpha value is -2.16. The summed E-state index contributed by atoms with van der Waals surface area (Å²) in [5.41, 5.74) is 1.09. The fourth-order valence-electron chi connectivity index (χ4n) is 3.17. The number of fused-ring (bicyclic) bond motifs is 1. The van der Waals surface area contributed by atoms with E-state index in [1.165, 1.54) is 18.4 Å². The summed E-state index contributed by atoms with van der Waals surface area (Å²) in [6, 6.07) is 5.62. The van der Waals surface area contributed by atoms with Crippen molar-refractivity contribution < 1.29 is 14.3 Å². The van der Waals surface area contributed by atoms with Crippen molar-refractivity contribution in [3.05, 3.63) is 35.0 Å². The van der Waals surface area contributed by atoms with E-state index in [2.05, 4.69) is 10.1 Å². The van der Waals surface area contributed by atoms with Gasteiger partial charge in [0.15, 0.2) is 5.13 Å². The number of halogens is 1. The van der Waals surface area contributed by atoms with E-state index < -0.39 is 0 Å². The molecule has 1 aromatic carbocycles. The van der Waals surface area contributed by atoms with Crippen molar-refractivity contribution in [1.82, 2.24) is 14.8 Å². The maximum absolute atomic E-state index is 13.4. The Morgan fingerprint density at radius 1 is 1.52 bits per heavy atom. The quantitative estimate of drug-likeness (QED) is 0.648. The van der Waals surface area contributed by atoms with Crippen LogP contribution in [0.5, 0.6) is 5.88 Å². The number of ether oxygens (including phenoxy) is 2. The summed E-state index contributed by atoms with van der Waals surface area (Å²) in [5.74, 6) is 0.0737. The highest BCUT2D eigenvalue weighted by Crippen LogP contribution is 2.34. The largest absolute Gasteiger partial charge is 0.479 e. The van der Waals surface area contributed by atoms with E-state index in [1.807, 2.05) is 12.1 Å². The van der Waals surface area contributed by atoms with Gasteiger partial charge in [-0.15, -0.1) is 5.10 Å². The Labute approximate surface area is 165 Å². The third-order valence-electron chi connectivity index (χ3n) is 4.46. The Morgan fingerprint density at radius 3 is 3.07 bits per heavy atom. The summed E-state index contributed by atoms with van der Waals surface area (Å²) in [7, 11) is 3.25. The second-order valence-electron chi connectivity index (χ2n) is 6.36. The van der Waals surface area contributed by atoms with Crippen molar-refractivity contribution in [2.24, 2.45) is 7.05 Å². The summed E-state index contributed by atoms with van der Waals surface area (Å²) < 4.78 is 13.5. The lowest BCUT2D eigenvalue weighted by molar-refractivity contribution is 0.0915. The number of amides is 1. The predicted octanol–water partition coefficient (Wildman–Crippen LogP) is 3.52. The Kier molecular flexibility index (Phi) is 5.03. The number of carbonyl (C=O) groups excluding carboxylic acids is 1. The highest BCUT2D eigenvalue weighted by Gasteiger charge is 2.30. The molecule has 0 aliphatic carbocycles. The molecule has 7 nitrogen and oxygen atoms in total. The van der Waals surface area contributed by atoms with Gasteiger partial charge < -0.3 is 9.47 Å². The molecule has 27 heavy (non-hydrogen) atoms. The monoisotopic (exact) mass is 406 g/mol. The average molecular weight is 407 g/mol. The molecule has 1 unspecified atom stereocenters. The Balaban J connectivity index is 1.75. The standard InChI is InChI=1S/C18H19ClN4O3S/c1-22-10-12(16(21-22)25-2)17(24)23(9-11-5-4-8-26-11)18-20-15-13(19)6-3-7-14(15)27-18/h3,6-7,10-11H,4-5,8-9H2,1-2H3. The highest BCUT2D eigenvalue weighted by molar-refractivity contribution is 7.22. The maximum atomic E-state index is 13.4. The zero-order valence-electron chi connectivity index (χ0n) is 15.0. The van der Waals surface area contributed by atoms with E-state index in [4.69, 9.17) is 21.1 Å². The van der Waals surface area contributed by atoms with Crippen LogP contribution in [0, 0.1) is 0 Å².